The maximum atomic E-state index is 10.3. The van der Waals surface area contributed by atoms with Crippen LogP contribution in [0.15, 0.2) is 42.5 Å². The fraction of sp³-hybridized carbons (Fsp3) is 0.455. The van der Waals surface area contributed by atoms with Crippen LogP contribution in [0.4, 0.5) is 0 Å². The van der Waals surface area contributed by atoms with E-state index >= 15 is 0 Å². The predicted molar refractivity (Wildman–Crippen MR) is 102 cm³/mol. The van der Waals surface area contributed by atoms with Crippen molar-refractivity contribution in [3.8, 4) is 11.5 Å². The number of aryl methyl sites for hydroxylation is 2. The third-order valence-electron chi connectivity index (χ3n) is 4.87. The highest BCUT2D eigenvalue weighted by molar-refractivity contribution is 5.47. The Morgan fingerprint density at radius 2 is 1.92 bits per heavy atom. The number of phenolic OH excluding ortho intramolecular Hbond substituents is 1. The molecule has 0 atom stereocenters. The number of rotatable bonds is 7. The standard InChI is InChI=1S/C22H29NO2/c1-22(2)12-11-18-14-19(20(24)15-21(18)25-22)16-23-13-7-6-10-17-8-4-3-5-9-17/h3-5,8-9,14-15,23-24H,6-7,10-13,16H2,1-2H3. The zero-order chi connectivity index (χ0) is 17.7. The maximum absolute atomic E-state index is 10.3. The summed E-state index contributed by atoms with van der Waals surface area (Å²) in [6.07, 6.45) is 5.46. The lowest BCUT2D eigenvalue weighted by Crippen LogP contribution is -2.32. The summed E-state index contributed by atoms with van der Waals surface area (Å²) in [4.78, 5) is 0. The van der Waals surface area contributed by atoms with Gasteiger partial charge in [0.25, 0.3) is 0 Å². The Morgan fingerprint density at radius 3 is 2.72 bits per heavy atom. The van der Waals surface area contributed by atoms with Crippen molar-refractivity contribution in [3.05, 3.63) is 59.2 Å². The van der Waals surface area contributed by atoms with Crippen LogP contribution < -0.4 is 10.1 Å². The number of fused-ring (bicyclic) bond motifs is 1. The summed E-state index contributed by atoms with van der Waals surface area (Å²) < 4.78 is 5.97. The third kappa shape index (κ3) is 4.99. The SMILES string of the molecule is CC1(C)CCc2cc(CNCCCCc3ccccc3)c(O)cc2O1. The Bertz CT molecular complexity index is 695. The minimum absolute atomic E-state index is 0.141. The summed E-state index contributed by atoms with van der Waals surface area (Å²) >= 11 is 0. The lowest BCUT2D eigenvalue weighted by atomic mass is 9.93. The minimum Gasteiger partial charge on any atom is -0.507 e. The van der Waals surface area contributed by atoms with Crippen LogP contribution in [-0.2, 0) is 19.4 Å². The number of hydrogen-bond acceptors (Lipinski definition) is 3. The lowest BCUT2D eigenvalue weighted by Gasteiger charge is -2.33. The van der Waals surface area contributed by atoms with Crippen molar-refractivity contribution >= 4 is 0 Å². The molecular formula is C22H29NO2. The van der Waals surface area contributed by atoms with Gasteiger partial charge in [0.1, 0.15) is 17.1 Å². The second-order valence-corrected chi connectivity index (χ2v) is 7.57. The molecule has 2 aromatic rings. The van der Waals surface area contributed by atoms with Crippen LogP contribution in [0.5, 0.6) is 11.5 Å². The fourth-order valence-electron chi connectivity index (χ4n) is 3.33. The third-order valence-corrected chi connectivity index (χ3v) is 4.87. The van der Waals surface area contributed by atoms with E-state index < -0.39 is 0 Å². The van der Waals surface area contributed by atoms with Gasteiger partial charge in [-0.05, 0) is 69.7 Å². The van der Waals surface area contributed by atoms with E-state index in [1.54, 1.807) is 6.07 Å². The second kappa shape index (κ2) is 7.92. The van der Waals surface area contributed by atoms with Crippen LogP contribution in [0.25, 0.3) is 0 Å². The summed E-state index contributed by atoms with van der Waals surface area (Å²) in [5.74, 6) is 1.16. The van der Waals surface area contributed by atoms with Crippen LogP contribution in [0.2, 0.25) is 0 Å². The summed E-state index contributed by atoms with van der Waals surface area (Å²) in [5.41, 5.74) is 3.43. The Kier molecular flexibility index (Phi) is 5.64. The van der Waals surface area contributed by atoms with Crippen LogP contribution in [-0.4, -0.2) is 17.3 Å². The average molecular weight is 339 g/mol. The summed E-state index contributed by atoms with van der Waals surface area (Å²) in [6.45, 7) is 5.86. The number of phenols is 1. The Morgan fingerprint density at radius 1 is 1.12 bits per heavy atom. The molecule has 0 unspecified atom stereocenters. The number of aromatic hydroxyl groups is 1. The van der Waals surface area contributed by atoms with Crippen LogP contribution in [0.3, 0.4) is 0 Å². The smallest absolute Gasteiger partial charge is 0.127 e. The number of benzene rings is 2. The quantitative estimate of drug-likeness (QED) is 0.724. The van der Waals surface area contributed by atoms with E-state index in [0.717, 1.165) is 43.5 Å². The van der Waals surface area contributed by atoms with Gasteiger partial charge in [-0.1, -0.05) is 30.3 Å². The van der Waals surface area contributed by atoms with Gasteiger partial charge >= 0.3 is 0 Å². The molecule has 0 amide bonds. The molecule has 2 aromatic carbocycles. The van der Waals surface area contributed by atoms with Gasteiger partial charge in [0.05, 0.1) is 0 Å². The highest BCUT2D eigenvalue weighted by Gasteiger charge is 2.27. The first-order chi connectivity index (χ1) is 12.0. The van der Waals surface area contributed by atoms with Gasteiger partial charge in [-0.3, -0.25) is 0 Å². The highest BCUT2D eigenvalue weighted by Crippen LogP contribution is 2.37. The van der Waals surface area contributed by atoms with Gasteiger partial charge in [0, 0.05) is 18.2 Å². The van der Waals surface area contributed by atoms with Crippen molar-refractivity contribution in [2.75, 3.05) is 6.54 Å². The molecule has 1 aliphatic rings. The molecule has 25 heavy (non-hydrogen) atoms. The fourth-order valence-corrected chi connectivity index (χ4v) is 3.33. The van der Waals surface area contributed by atoms with E-state index in [-0.39, 0.29) is 5.60 Å². The molecule has 0 fully saturated rings. The molecule has 2 N–H and O–H groups in total. The molecule has 0 aliphatic carbocycles. The maximum Gasteiger partial charge on any atom is 0.127 e. The summed E-state index contributed by atoms with van der Waals surface area (Å²) in [5, 5.41) is 13.7. The number of hydrogen-bond donors (Lipinski definition) is 2. The normalized spacial score (nSPS) is 15.4. The molecule has 1 aliphatic heterocycles. The zero-order valence-electron chi connectivity index (χ0n) is 15.3. The first kappa shape index (κ1) is 17.8. The monoisotopic (exact) mass is 339 g/mol. The van der Waals surface area contributed by atoms with Gasteiger partial charge in [-0.15, -0.1) is 0 Å². The van der Waals surface area contributed by atoms with E-state index in [4.69, 9.17) is 4.74 Å². The largest absolute Gasteiger partial charge is 0.507 e. The zero-order valence-corrected chi connectivity index (χ0v) is 15.3. The van der Waals surface area contributed by atoms with Gasteiger partial charge in [0.15, 0.2) is 0 Å². The average Bonchev–Trinajstić information content (AvgIpc) is 2.58. The Balaban J connectivity index is 1.44. The molecule has 3 nitrogen and oxygen atoms in total. The Labute approximate surface area is 151 Å². The first-order valence-corrected chi connectivity index (χ1v) is 9.32. The highest BCUT2D eigenvalue weighted by atomic mass is 16.5. The van der Waals surface area contributed by atoms with Crippen molar-refractivity contribution in [3.63, 3.8) is 0 Å². The van der Waals surface area contributed by atoms with E-state index in [0.29, 0.717) is 12.3 Å². The molecule has 1 heterocycles. The molecule has 0 spiro atoms. The number of unbranched alkanes of at least 4 members (excludes halogenated alkanes) is 1. The molecule has 0 saturated heterocycles. The topological polar surface area (TPSA) is 41.5 Å². The summed E-state index contributed by atoms with van der Waals surface area (Å²) in [7, 11) is 0. The molecule has 0 saturated carbocycles. The van der Waals surface area contributed by atoms with Crippen molar-refractivity contribution in [2.45, 2.75) is 58.1 Å². The Hall–Kier alpha value is -2.00. The molecule has 3 heteroatoms. The van der Waals surface area contributed by atoms with Gasteiger partial charge in [-0.25, -0.2) is 0 Å². The van der Waals surface area contributed by atoms with Gasteiger partial charge in [0.2, 0.25) is 0 Å². The van der Waals surface area contributed by atoms with E-state index in [1.165, 1.54) is 17.5 Å². The second-order valence-electron chi connectivity index (χ2n) is 7.57. The van der Waals surface area contributed by atoms with Crippen LogP contribution >= 0.6 is 0 Å². The van der Waals surface area contributed by atoms with E-state index in [2.05, 4.69) is 55.6 Å². The lowest BCUT2D eigenvalue weighted by molar-refractivity contribution is 0.0843. The molecule has 134 valence electrons. The van der Waals surface area contributed by atoms with E-state index in [9.17, 15) is 5.11 Å². The van der Waals surface area contributed by atoms with Crippen molar-refractivity contribution in [2.24, 2.45) is 0 Å². The minimum atomic E-state index is -0.141. The predicted octanol–water partition coefficient (Wildman–Crippen LogP) is 4.61. The molecule has 0 radical (unpaired) electrons. The van der Waals surface area contributed by atoms with E-state index in [1.807, 2.05) is 0 Å². The number of ether oxygens (including phenoxy) is 1. The van der Waals surface area contributed by atoms with Gasteiger partial charge < -0.3 is 15.2 Å². The van der Waals surface area contributed by atoms with Crippen molar-refractivity contribution < 1.29 is 9.84 Å². The van der Waals surface area contributed by atoms with Gasteiger partial charge in [-0.2, -0.15) is 0 Å². The molecule has 0 bridgehead atoms. The molecule has 3 rings (SSSR count). The summed E-state index contributed by atoms with van der Waals surface area (Å²) in [6, 6.07) is 14.5. The molecular weight excluding hydrogens is 310 g/mol. The van der Waals surface area contributed by atoms with Crippen LogP contribution in [0.1, 0.15) is 49.8 Å². The van der Waals surface area contributed by atoms with Crippen molar-refractivity contribution in [1.29, 1.82) is 0 Å². The van der Waals surface area contributed by atoms with Crippen molar-refractivity contribution in [1.82, 2.24) is 5.32 Å². The van der Waals surface area contributed by atoms with Crippen LogP contribution in [0, 0.1) is 0 Å². The number of nitrogens with one attached hydrogen (secondary N) is 1. The molecule has 0 aromatic heterocycles. The first-order valence-electron chi connectivity index (χ1n) is 9.32.